The Morgan fingerprint density at radius 2 is 1.90 bits per heavy atom. The van der Waals surface area contributed by atoms with Crippen molar-refractivity contribution in [1.82, 2.24) is 4.90 Å². The van der Waals surface area contributed by atoms with Crippen molar-refractivity contribution < 1.29 is 23.7 Å². The van der Waals surface area contributed by atoms with Gasteiger partial charge < -0.3 is 19.5 Å². The van der Waals surface area contributed by atoms with Crippen molar-refractivity contribution in [3.63, 3.8) is 0 Å². The summed E-state index contributed by atoms with van der Waals surface area (Å²) < 4.78 is 17.4. The molecule has 0 saturated carbocycles. The number of fused-ring (bicyclic) bond motifs is 1. The van der Waals surface area contributed by atoms with E-state index in [9.17, 15) is 18.9 Å². The molecule has 9 heteroatoms. The number of halogens is 1. The van der Waals surface area contributed by atoms with Gasteiger partial charge in [0.2, 0.25) is 16.0 Å². The summed E-state index contributed by atoms with van der Waals surface area (Å²) in [6, 6.07) is 14.2. The van der Waals surface area contributed by atoms with E-state index >= 15 is 0 Å². The van der Waals surface area contributed by atoms with Gasteiger partial charge in [-0.25, -0.2) is 4.79 Å². The fraction of sp³-hybridized carbons (Fsp3) is 0.318. The van der Waals surface area contributed by atoms with Crippen molar-refractivity contribution in [1.29, 1.82) is 0 Å². The molecule has 2 heterocycles. The quantitative estimate of drug-likeness (QED) is 0.309. The van der Waals surface area contributed by atoms with Crippen LogP contribution in [0.15, 0.2) is 59.5 Å². The van der Waals surface area contributed by atoms with Crippen molar-refractivity contribution >= 4 is 46.2 Å². The Labute approximate surface area is 187 Å². The third kappa shape index (κ3) is 4.15. The highest BCUT2D eigenvalue weighted by atomic mass is 35.5. The highest BCUT2D eigenvalue weighted by Crippen LogP contribution is 2.50. The van der Waals surface area contributed by atoms with Crippen LogP contribution in [-0.4, -0.2) is 43.5 Å². The molecule has 2 fully saturated rings. The molecule has 0 bridgehead atoms. The molecule has 162 valence electrons. The minimum absolute atomic E-state index is 0.0356. The molecule has 0 radical (unpaired) electrons. The highest BCUT2D eigenvalue weighted by molar-refractivity contribution is 7.94. The van der Waals surface area contributed by atoms with E-state index in [1.165, 1.54) is 11.8 Å². The number of esters is 1. The number of anilines is 1. The van der Waals surface area contributed by atoms with E-state index in [0.717, 1.165) is 5.56 Å². The first kappa shape index (κ1) is 21.7. The molecule has 2 amide bonds. The van der Waals surface area contributed by atoms with Gasteiger partial charge in [-0.05, 0) is 29.8 Å². The highest BCUT2D eigenvalue weighted by Gasteiger charge is 2.68. The van der Waals surface area contributed by atoms with E-state index in [1.54, 1.807) is 24.3 Å². The lowest BCUT2D eigenvalue weighted by molar-refractivity contribution is -0.161. The number of carbonyl (C=O) groups is 3. The van der Waals surface area contributed by atoms with Crippen LogP contribution in [0.1, 0.15) is 25.3 Å². The number of alkyl halides is 1. The van der Waals surface area contributed by atoms with Crippen molar-refractivity contribution in [2.75, 3.05) is 5.32 Å². The third-order valence-electron chi connectivity index (χ3n) is 5.44. The first-order valence-corrected chi connectivity index (χ1v) is 11.3. The van der Waals surface area contributed by atoms with Crippen LogP contribution in [0.3, 0.4) is 0 Å². The van der Waals surface area contributed by atoms with Crippen LogP contribution in [0.5, 0.6) is 0 Å². The van der Waals surface area contributed by atoms with Crippen LogP contribution >= 0.6 is 11.6 Å². The molecule has 4 atom stereocenters. The Bertz CT molecular complexity index is 1000. The van der Waals surface area contributed by atoms with Crippen molar-refractivity contribution in [2.24, 2.45) is 0 Å². The Kier molecular flexibility index (Phi) is 5.96. The summed E-state index contributed by atoms with van der Waals surface area (Å²) in [5, 5.41) is 2.64. The van der Waals surface area contributed by atoms with Crippen molar-refractivity contribution in [3.05, 3.63) is 60.2 Å². The molecule has 31 heavy (non-hydrogen) atoms. The van der Waals surface area contributed by atoms with Gasteiger partial charge in [-0.3, -0.25) is 9.59 Å². The van der Waals surface area contributed by atoms with Gasteiger partial charge in [0.25, 0.3) is 0 Å². The summed E-state index contributed by atoms with van der Waals surface area (Å²) in [4.78, 5) is 38.2. The van der Waals surface area contributed by atoms with Crippen LogP contribution in [0, 0.1) is 0 Å². The molecular weight excluding hydrogens is 440 g/mol. The number of hydrogen-bond acceptors (Lipinski definition) is 5. The molecule has 2 aliphatic rings. The van der Waals surface area contributed by atoms with Gasteiger partial charge in [-0.15, -0.1) is 0 Å². The molecule has 3 unspecified atom stereocenters. The van der Waals surface area contributed by atoms with E-state index in [1.807, 2.05) is 30.3 Å². The average Bonchev–Trinajstić information content (AvgIpc) is 3.00. The second-order valence-corrected chi connectivity index (χ2v) is 10.3. The Balaban J connectivity index is 1.56. The first-order valence-electron chi connectivity index (χ1n) is 9.80. The molecule has 1 N–H and O–H groups in total. The van der Waals surface area contributed by atoms with Gasteiger partial charge in [-0.2, -0.15) is 0 Å². The first-order chi connectivity index (χ1) is 14.8. The lowest BCUT2D eigenvalue weighted by atomic mass is 10.0. The maximum atomic E-state index is 13.5. The van der Waals surface area contributed by atoms with Gasteiger partial charge in [0.1, 0.15) is 6.61 Å². The smallest absolute Gasteiger partial charge is 0.336 e. The third-order valence-corrected chi connectivity index (χ3v) is 7.92. The minimum Gasteiger partial charge on any atom is -0.610 e. The Morgan fingerprint density at radius 3 is 2.52 bits per heavy atom. The van der Waals surface area contributed by atoms with E-state index in [0.29, 0.717) is 10.6 Å². The maximum Gasteiger partial charge on any atom is 0.336 e. The number of benzene rings is 2. The van der Waals surface area contributed by atoms with Crippen molar-refractivity contribution in [2.45, 2.75) is 47.6 Å². The molecule has 2 aliphatic heterocycles. The lowest BCUT2D eigenvalue weighted by Gasteiger charge is -2.38. The second kappa shape index (κ2) is 8.53. The summed E-state index contributed by atoms with van der Waals surface area (Å²) in [5.41, 5.74) is 1.36. The number of ether oxygens (including phenoxy) is 1. The normalized spacial score (nSPS) is 25.4. The Morgan fingerprint density at radius 1 is 1.23 bits per heavy atom. The van der Waals surface area contributed by atoms with E-state index in [4.69, 9.17) is 16.3 Å². The summed E-state index contributed by atoms with van der Waals surface area (Å²) in [7, 11) is 0. The molecular formula is C22H21ClN2O5S. The zero-order valence-corrected chi connectivity index (χ0v) is 18.3. The summed E-state index contributed by atoms with van der Waals surface area (Å²) in [5.74, 6) is -1.09. The molecule has 2 aromatic carbocycles. The van der Waals surface area contributed by atoms with Crippen LogP contribution in [-0.2, 0) is 36.9 Å². The maximum absolute atomic E-state index is 13.5. The van der Waals surface area contributed by atoms with Crippen LogP contribution in [0.25, 0.3) is 0 Å². The van der Waals surface area contributed by atoms with Gasteiger partial charge in [0, 0.05) is 42.7 Å². The second-order valence-electron chi connectivity index (χ2n) is 7.62. The number of amides is 2. The van der Waals surface area contributed by atoms with E-state index < -0.39 is 27.4 Å². The van der Waals surface area contributed by atoms with Crippen LogP contribution < -0.4 is 5.32 Å². The molecule has 2 saturated heterocycles. The predicted molar refractivity (Wildman–Crippen MR) is 116 cm³/mol. The van der Waals surface area contributed by atoms with E-state index in [2.05, 4.69) is 5.32 Å². The number of nitrogens with one attached hydrogen (secondary N) is 1. The molecule has 0 aliphatic carbocycles. The minimum atomic E-state index is -1.80. The molecule has 7 nitrogen and oxygen atoms in total. The lowest BCUT2D eigenvalue weighted by Crippen LogP contribution is -2.58. The topological polar surface area (TPSA) is 98.8 Å². The summed E-state index contributed by atoms with van der Waals surface area (Å²) in [6.45, 7) is 1.43. The number of rotatable bonds is 6. The van der Waals surface area contributed by atoms with E-state index in [-0.39, 0.29) is 37.3 Å². The largest absolute Gasteiger partial charge is 0.610 e. The number of nitrogens with zero attached hydrogens (tertiary/aromatic N) is 1. The molecule has 0 aromatic heterocycles. The van der Waals surface area contributed by atoms with Gasteiger partial charge in [0.05, 0.1) is 0 Å². The van der Waals surface area contributed by atoms with Crippen LogP contribution in [0.2, 0.25) is 0 Å². The SMILES string of the molecule is CC(=O)Nc1ccc([S+]([O-])C2(Cl)CC3CC(=O)N3[C@H]2C(=O)OCc2ccccc2)cc1. The van der Waals surface area contributed by atoms with Gasteiger partial charge >= 0.3 is 5.97 Å². The fourth-order valence-corrected chi connectivity index (χ4v) is 6.17. The summed E-state index contributed by atoms with van der Waals surface area (Å²) >= 11 is 5.05. The zero-order valence-electron chi connectivity index (χ0n) is 16.7. The predicted octanol–water partition coefficient (Wildman–Crippen LogP) is 2.80. The number of carbonyl (C=O) groups excluding carboxylic acids is 3. The van der Waals surface area contributed by atoms with Crippen molar-refractivity contribution in [3.8, 4) is 0 Å². The van der Waals surface area contributed by atoms with Gasteiger partial charge in [-0.1, -0.05) is 41.9 Å². The standard InChI is InChI=1S/C22H21ClN2O5S/c1-14(26)24-16-7-9-18(10-8-16)31(29)22(23)12-17-11-19(27)25(17)20(22)21(28)30-13-15-5-3-2-4-6-15/h2-10,17,20H,11-13H2,1H3,(H,24,26)/t17?,20-,22?,31?/m0/s1. The fourth-order valence-electron chi connectivity index (χ4n) is 4.00. The molecule has 0 spiro atoms. The van der Waals surface area contributed by atoms with Crippen LogP contribution in [0.4, 0.5) is 5.69 Å². The molecule has 4 rings (SSSR count). The average molecular weight is 461 g/mol. The monoisotopic (exact) mass is 460 g/mol. The van der Waals surface area contributed by atoms with Gasteiger partial charge in [0.15, 0.2) is 10.9 Å². The zero-order chi connectivity index (χ0) is 22.2. The number of hydrogen-bond donors (Lipinski definition) is 1. The molecule has 2 aromatic rings. The number of β-lactam (4-membered cyclic amide) rings is 1. The summed E-state index contributed by atoms with van der Waals surface area (Å²) in [6.07, 6.45) is 0.501. The Hall–Kier alpha value is -2.55.